The van der Waals surface area contributed by atoms with Crippen LogP contribution in [0.15, 0.2) is 36.4 Å². The van der Waals surface area contributed by atoms with Gasteiger partial charge in [-0.3, -0.25) is 40.9 Å². The van der Waals surface area contributed by atoms with Gasteiger partial charge in [0.05, 0.1) is 11.1 Å². The third-order valence-electron chi connectivity index (χ3n) is 9.49. The van der Waals surface area contributed by atoms with Gasteiger partial charge in [0.25, 0.3) is 11.8 Å². The van der Waals surface area contributed by atoms with E-state index in [4.69, 9.17) is 0 Å². The van der Waals surface area contributed by atoms with Crippen molar-refractivity contribution in [1.29, 1.82) is 0 Å². The highest BCUT2D eigenvalue weighted by Crippen LogP contribution is 2.25. The summed E-state index contributed by atoms with van der Waals surface area (Å²) in [5.41, 5.74) is 12.0. The predicted molar refractivity (Wildman–Crippen MR) is 198 cm³/mol. The van der Waals surface area contributed by atoms with Gasteiger partial charge in [-0.25, -0.2) is 0 Å². The number of aryl methyl sites for hydroxylation is 2. The summed E-state index contributed by atoms with van der Waals surface area (Å²) in [7, 11) is 0. The molecule has 278 valence electrons. The second-order valence-electron chi connectivity index (χ2n) is 13.3. The van der Waals surface area contributed by atoms with Gasteiger partial charge in [-0.15, -0.1) is 0 Å². The summed E-state index contributed by atoms with van der Waals surface area (Å²) in [6.07, 6.45) is 16.0. The number of carbonyl (C=O) groups excluding carboxylic acids is 4. The first kappa shape index (κ1) is 42.1. The highest BCUT2D eigenvalue weighted by Gasteiger charge is 2.22. The minimum absolute atomic E-state index is 0.111. The maximum absolute atomic E-state index is 13.0. The molecule has 2 aromatic carbocycles. The number of hydrogen-bond acceptors (Lipinski definition) is 6. The van der Waals surface area contributed by atoms with Gasteiger partial charge in [0.15, 0.2) is 0 Å². The minimum Gasteiger partial charge on any atom is -0.507 e. The minimum atomic E-state index is -0.542. The molecule has 4 amide bonds. The number of hydrazine groups is 2. The first-order chi connectivity index (χ1) is 24.2. The maximum Gasteiger partial charge on any atom is 0.273 e. The van der Waals surface area contributed by atoms with Crippen LogP contribution >= 0.6 is 0 Å². The van der Waals surface area contributed by atoms with Gasteiger partial charge < -0.3 is 10.2 Å². The van der Waals surface area contributed by atoms with Crippen LogP contribution in [0.4, 0.5) is 0 Å². The Hall–Kier alpha value is -4.08. The van der Waals surface area contributed by atoms with E-state index >= 15 is 0 Å². The third kappa shape index (κ3) is 14.4. The number of amides is 4. The lowest BCUT2D eigenvalue weighted by Crippen LogP contribution is -2.45. The molecule has 2 aromatic rings. The lowest BCUT2D eigenvalue weighted by Gasteiger charge is -2.18. The number of aromatic hydroxyl groups is 2. The van der Waals surface area contributed by atoms with Crippen molar-refractivity contribution in [3.8, 4) is 11.5 Å². The van der Waals surface area contributed by atoms with Gasteiger partial charge in [-0.05, 0) is 74.6 Å². The molecule has 0 radical (unpaired) electrons. The molecular formula is C40H62N4O6. The predicted octanol–water partition coefficient (Wildman–Crippen LogP) is 7.96. The number of phenols is 2. The molecule has 0 aliphatic heterocycles. The molecule has 0 fully saturated rings. The van der Waals surface area contributed by atoms with E-state index in [0.717, 1.165) is 62.5 Å². The molecule has 0 saturated carbocycles. The monoisotopic (exact) mass is 694 g/mol. The number of phenolic OH excluding ortho intramolecular Hbond substituents is 2. The van der Waals surface area contributed by atoms with Gasteiger partial charge in [-0.2, -0.15) is 0 Å². The number of nitrogens with one attached hydrogen (secondary N) is 4. The number of benzene rings is 2. The summed E-state index contributed by atoms with van der Waals surface area (Å²) in [6, 6.07) is 10.1. The molecule has 2 atom stereocenters. The van der Waals surface area contributed by atoms with E-state index in [1.165, 1.54) is 25.0 Å². The summed E-state index contributed by atoms with van der Waals surface area (Å²) < 4.78 is 0. The van der Waals surface area contributed by atoms with E-state index in [9.17, 15) is 29.4 Å². The van der Waals surface area contributed by atoms with Crippen molar-refractivity contribution in [2.75, 3.05) is 0 Å². The van der Waals surface area contributed by atoms with Crippen LogP contribution in [-0.2, 0) is 22.4 Å². The summed E-state index contributed by atoms with van der Waals surface area (Å²) in [5, 5.41) is 20.8. The van der Waals surface area contributed by atoms with E-state index in [-0.39, 0.29) is 46.3 Å². The summed E-state index contributed by atoms with van der Waals surface area (Å²) in [5.74, 6) is -2.56. The number of carbonyl (C=O) groups is 4. The van der Waals surface area contributed by atoms with E-state index in [0.29, 0.717) is 51.4 Å². The fourth-order valence-corrected chi connectivity index (χ4v) is 6.34. The number of unbranched alkanes of at least 4 members (excludes halogenated alkanes) is 9. The highest BCUT2D eigenvalue weighted by atomic mass is 16.3. The van der Waals surface area contributed by atoms with Crippen LogP contribution in [0.25, 0.3) is 0 Å². The molecule has 10 heteroatoms. The molecule has 0 aromatic heterocycles. The van der Waals surface area contributed by atoms with Crippen molar-refractivity contribution in [2.24, 2.45) is 11.8 Å². The average molecular weight is 695 g/mol. The fraction of sp³-hybridized carbons (Fsp3) is 0.600. The normalized spacial score (nSPS) is 12.2. The molecule has 6 N–H and O–H groups in total. The zero-order chi connectivity index (χ0) is 36.7. The van der Waals surface area contributed by atoms with E-state index in [2.05, 4.69) is 35.6 Å². The van der Waals surface area contributed by atoms with Gasteiger partial charge in [0, 0.05) is 11.8 Å². The van der Waals surface area contributed by atoms with Crippen molar-refractivity contribution in [1.82, 2.24) is 21.7 Å². The van der Waals surface area contributed by atoms with Gasteiger partial charge in [0.1, 0.15) is 11.5 Å². The molecule has 2 rings (SSSR count). The molecule has 10 nitrogen and oxygen atoms in total. The number of hydrogen-bond donors (Lipinski definition) is 6. The van der Waals surface area contributed by atoms with Crippen LogP contribution in [0.2, 0.25) is 0 Å². The quantitative estimate of drug-likeness (QED) is 0.0512. The summed E-state index contributed by atoms with van der Waals surface area (Å²) in [6.45, 7) is 8.15. The Morgan fingerprint density at radius 1 is 0.520 bits per heavy atom. The van der Waals surface area contributed by atoms with Crippen LogP contribution in [0.1, 0.15) is 162 Å². The number of rotatable bonds is 23. The first-order valence-corrected chi connectivity index (χ1v) is 19.0. The molecule has 2 unspecified atom stereocenters. The second kappa shape index (κ2) is 24.1. The van der Waals surface area contributed by atoms with Crippen molar-refractivity contribution >= 4 is 23.6 Å². The van der Waals surface area contributed by atoms with Gasteiger partial charge >= 0.3 is 0 Å². The standard InChI is InChI=1S/C40H62N4O6/c1-5-9-11-13-15-23-31-25-19-27-33(45)35(31)39(49)43-41-37(47)29(7-3)21-17-18-22-30(8-4)38(48)42-44-40(50)36-32(26-20-28-34(36)46)24-16-14-12-10-6-2/h19-20,25-30,45-46H,5-18,21-24H2,1-4H3,(H,41,47)(H,42,48)(H,43,49)(H,44,50). The van der Waals surface area contributed by atoms with Crippen LogP contribution in [0.3, 0.4) is 0 Å². The van der Waals surface area contributed by atoms with Crippen LogP contribution < -0.4 is 21.7 Å². The smallest absolute Gasteiger partial charge is 0.273 e. The second-order valence-corrected chi connectivity index (χ2v) is 13.3. The Balaban J connectivity index is 1.81. The summed E-state index contributed by atoms with van der Waals surface area (Å²) >= 11 is 0. The first-order valence-electron chi connectivity index (χ1n) is 19.0. The van der Waals surface area contributed by atoms with E-state index in [1.54, 1.807) is 12.1 Å². The zero-order valence-corrected chi connectivity index (χ0v) is 30.9. The molecule has 0 saturated heterocycles. The Kier molecular flexibility index (Phi) is 20.3. The fourth-order valence-electron chi connectivity index (χ4n) is 6.34. The molecule has 0 spiro atoms. The molecule has 0 heterocycles. The van der Waals surface area contributed by atoms with Crippen molar-refractivity contribution in [3.05, 3.63) is 58.7 Å². The Bertz CT molecular complexity index is 1250. The van der Waals surface area contributed by atoms with Gasteiger partial charge in [-0.1, -0.05) is 116 Å². The molecule has 0 aliphatic carbocycles. The lowest BCUT2D eigenvalue weighted by molar-refractivity contribution is -0.127. The summed E-state index contributed by atoms with van der Waals surface area (Å²) in [4.78, 5) is 51.9. The average Bonchev–Trinajstić information content (AvgIpc) is 3.10. The molecular weight excluding hydrogens is 632 g/mol. The zero-order valence-electron chi connectivity index (χ0n) is 30.9. The maximum atomic E-state index is 13.0. The Morgan fingerprint density at radius 3 is 1.26 bits per heavy atom. The lowest BCUT2D eigenvalue weighted by atomic mass is 9.94. The SMILES string of the molecule is CCCCCCCc1cccc(O)c1C(=O)NNC(=O)C(CC)CCCCC(CC)C(=O)NNC(=O)c1c(O)cccc1CCCCCCC. The topological polar surface area (TPSA) is 157 Å². The van der Waals surface area contributed by atoms with Crippen LogP contribution in [-0.4, -0.2) is 33.8 Å². The highest BCUT2D eigenvalue weighted by molar-refractivity contribution is 6.00. The molecule has 0 bridgehead atoms. The van der Waals surface area contributed by atoms with E-state index in [1.807, 2.05) is 26.0 Å². The van der Waals surface area contributed by atoms with E-state index < -0.39 is 11.8 Å². The van der Waals surface area contributed by atoms with Crippen molar-refractivity contribution in [2.45, 2.75) is 143 Å². The van der Waals surface area contributed by atoms with Crippen molar-refractivity contribution < 1.29 is 29.4 Å². The van der Waals surface area contributed by atoms with Crippen LogP contribution in [0.5, 0.6) is 11.5 Å². The Labute approximate surface area is 299 Å². The Morgan fingerprint density at radius 2 is 0.900 bits per heavy atom. The molecule has 50 heavy (non-hydrogen) atoms. The largest absolute Gasteiger partial charge is 0.507 e. The van der Waals surface area contributed by atoms with Crippen LogP contribution in [0, 0.1) is 11.8 Å². The molecule has 0 aliphatic rings. The van der Waals surface area contributed by atoms with Gasteiger partial charge in [0.2, 0.25) is 11.8 Å². The third-order valence-corrected chi connectivity index (χ3v) is 9.49. The van der Waals surface area contributed by atoms with Crippen molar-refractivity contribution in [3.63, 3.8) is 0 Å².